The summed E-state index contributed by atoms with van der Waals surface area (Å²) in [5.74, 6) is 0.456. The van der Waals surface area contributed by atoms with Crippen molar-refractivity contribution in [3.63, 3.8) is 0 Å². The maximum atomic E-state index is 5.46. The standard InChI is InChI=1S/C6H9N3O.ClH/c1-2-10-6-5(7)3-8-4-9-6;/h3-4H,2,7H2,1H3;1H. The van der Waals surface area contributed by atoms with Crippen molar-refractivity contribution in [1.82, 2.24) is 9.97 Å². The molecule has 1 heterocycles. The van der Waals surface area contributed by atoms with E-state index in [0.29, 0.717) is 18.2 Å². The van der Waals surface area contributed by atoms with Crippen LogP contribution in [-0.2, 0) is 0 Å². The molecule has 0 radical (unpaired) electrons. The first kappa shape index (κ1) is 9.97. The van der Waals surface area contributed by atoms with Gasteiger partial charge in [-0.1, -0.05) is 0 Å². The van der Waals surface area contributed by atoms with Crippen LogP contribution in [0.5, 0.6) is 5.88 Å². The molecular formula is C6H10ClN3O. The molecule has 0 saturated heterocycles. The van der Waals surface area contributed by atoms with Gasteiger partial charge in [-0.05, 0) is 6.92 Å². The van der Waals surface area contributed by atoms with Crippen LogP contribution in [0.2, 0.25) is 0 Å². The topological polar surface area (TPSA) is 61.0 Å². The van der Waals surface area contributed by atoms with E-state index in [2.05, 4.69) is 9.97 Å². The first-order valence-corrected chi connectivity index (χ1v) is 3.03. The van der Waals surface area contributed by atoms with E-state index >= 15 is 0 Å². The number of hydrogen-bond acceptors (Lipinski definition) is 4. The van der Waals surface area contributed by atoms with Gasteiger partial charge in [0.15, 0.2) is 0 Å². The summed E-state index contributed by atoms with van der Waals surface area (Å²) in [6, 6.07) is 0. The van der Waals surface area contributed by atoms with Crippen molar-refractivity contribution < 1.29 is 4.74 Å². The third kappa shape index (κ3) is 2.59. The minimum atomic E-state index is 0. The van der Waals surface area contributed by atoms with Gasteiger partial charge >= 0.3 is 0 Å². The minimum absolute atomic E-state index is 0. The Hall–Kier alpha value is -1.03. The second kappa shape index (κ2) is 4.73. The van der Waals surface area contributed by atoms with Crippen molar-refractivity contribution in [2.75, 3.05) is 12.3 Å². The van der Waals surface area contributed by atoms with Gasteiger partial charge in [0.2, 0.25) is 5.88 Å². The highest BCUT2D eigenvalue weighted by molar-refractivity contribution is 5.85. The third-order valence-corrected chi connectivity index (χ3v) is 0.983. The van der Waals surface area contributed by atoms with Gasteiger partial charge in [-0.3, -0.25) is 0 Å². The summed E-state index contributed by atoms with van der Waals surface area (Å²) in [4.78, 5) is 7.52. The molecule has 0 spiro atoms. The van der Waals surface area contributed by atoms with Crippen molar-refractivity contribution in [3.05, 3.63) is 12.5 Å². The van der Waals surface area contributed by atoms with E-state index in [1.165, 1.54) is 12.5 Å². The first-order valence-electron chi connectivity index (χ1n) is 3.03. The number of hydrogen-bond donors (Lipinski definition) is 1. The number of aromatic nitrogens is 2. The Morgan fingerprint density at radius 2 is 2.36 bits per heavy atom. The molecule has 0 bridgehead atoms. The van der Waals surface area contributed by atoms with E-state index in [9.17, 15) is 0 Å². The monoisotopic (exact) mass is 175 g/mol. The lowest BCUT2D eigenvalue weighted by Gasteiger charge is -2.01. The maximum absolute atomic E-state index is 5.46. The van der Waals surface area contributed by atoms with Gasteiger partial charge in [-0.15, -0.1) is 12.4 Å². The number of nitrogen functional groups attached to an aromatic ring is 1. The molecule has 1 rings (SSSR count). The number of rotatable bonds is 2. The van der Waals surface area contributed by atoms with Crippen LogP contribution in [0.15, 0.2) is 12.5 Å². The van der Waals surface area contributed by atoms with Crippen molar-refractivity contribution >= 4 is 18.1 Å². The predicted octanol–water partition coefficient (Wildman–Crippen LogP) is 0.879. The molecule has 0 atom stereocenters. The molecule has 0 amide bonds. The maximum Gasteiger partial charge on any atom is 0.240 e. The van der Waals surface area contributed by atoms with Gasteiger partial charge in [0.1, 0.15) is 12.0 Å². The molecule has 5 heteroatoms. The Labute approximate surface area is 71.2 Å². The SMILES string of the molecule is CCOc1ncncc1N.Cl. The van der Waals surface area contributed by atoms with Crippen molar-refractivity contribution in [2.24, 2.45) is 0 Å². The van der Waals surface area contributed by atoms with Gasteiger partial charge in [0, 0.05) is 0 Å². The van der Waals surface area contributed by atoms with Crippen LogP contribution in [0.25, 0.3) is 0 Å². The number of ether oxygens (including phenoxy) is 1. The quantitative estimate of drug-likeness (QED) is 0.725. The van der Waals surface area contributed by atoms with E-state index in [4.69, 9.17) is 10.5 Å². The number of nitrogens with two attached hydrogens (primary N) is 1. The van der Waals surface area contributed by atoms with Crippen LogP contribution < -0.4 is 10.5 Å². The Balaban J connectivity index is 0.000001000. The average molecular weight is 176 g/mol. The molecule has 1 aromatic heterocycles. The van der Waals surface area contributed by atoms with Gasteiger partial charge in [0.05, 0.1) is 12.8 Å². The molecule has 2 N–H and O–H groups in total. The van der Waals surface area contributed by atoms with Crippen LogP contribution in [0.3, 0.4) is 0 Å². The smallest absolute Gasteiger partial charge is 0.240 e. The van der Waals surface area contributed by atoms with Crippen molar-refractivity contribution in [3.8, 4) is 5.88 Å². The van der Waals surface area contributed by atoms with Gasteiger partial charge in [-0.2, -0.15) is 0 Å². The molecule has 0 aliphatic heterocycles. The minimum Gasteiger partial charge on any atom is -0.476 e. The fourth-order valence-corrected chi connectivity index (χ4v) is 0.586. The van der Waals surface area contributed by atoms with Crippen LogP contribution in [-0.4, -0.2) is 16.6 Å². The molecule has 0 unspecified atom stereocenters. The lowest BCUT2D eigenvalue weighted by Crippen LogP contribution is -1.99. The highest BCUT2D eigenvalue weighted by Gasteiger charge is 1.97. The zero-order chi connectivity index (χ0) is 7.40. The van der Waals surface area contributed by atoms with E-state index in [1.807, 2.05) is 6.92 Å². The fraction of sp³-hybridized carbons (Fsp3) is 0.333. The summed E-state index contributed by atoms with van der Waals surface area (Å²) in [5.41, 5.74) is 5.93. The zero-order valence-electron chi connectivity index (χ0n) is 6.15. The van der Waals surface area contributed by atoms with E-state index in [1.54, 1.807) is 0 Å². The Morgan fingerprint density at radius 3 is 2.91 bits per heavy atom. The summed E-state index contributed by atoms with van der Waals surface area (Å²) in [6.07, 6.45) is 2.92. The second-order valence-corrected chi connectivity index (χ2v) is 1.72. The molecule has 11 heavy (non-hydrogen) atoms. The van der Waals surface area contributed by atoms with Crippen LogP contribution in [0.1, 0.15) is 6.92 Å². The third-order valence-electron chi connectivity index (χ3n) is 0.983. The normalized spacial score (nSPS) is 8.45. The van der Waals surface area contributed by atoms with Crippen molar-refractivity contribution in [2.45, 2.75) is 6.92 Å². The average Bonchev–Trinajstić information content (AvgIpc) is 1.94. The zero-order valence-corrected chi connectivity index (χ0v) is 6.97. The summed E-state index contributed by atoms with van der Waals surface area (Å²) in [7, 11) is 0. The largest absolute Gasteiger partial charge is 0.476 e. The summed E-state index contributed by atoms with van der Waals surface area (Å²) in [6.45, 7) is 2.45. The lowest BCUT2D eigenvalue weighted by molar-refractivity contribution is 0.328. The molecule has 0 aromatic carbocycles. The second-order valence-electron chi connectivity index (χ2n) is 1.72. The number of nitrogens with zero attached hydrogens (tertiary/aromatic N) is 2. The van der Waals surface area contributed by atoms with E-state index in [0.717, 1.165) is 0 Å². The van der Waals surface area contributed by atoms with Crippen molar-refractivity contribution in [1.29, 1.82) is 0 Å². The number of halogens is 1. The summed E-state index contributed by atoms with van der Waals surface area (Å²) < 4.78 is 5.06. The molecule has 0 saturated carbocycles. The van der Waals surface area contributed by atoms with Gasteiger partial charge in [-0.25, -0.2) is 9.97 Å². The molecule has 0 aliphatic rings. The highest BCUT2D eigenvalue weighted by atomic mass is 35.5. The Bertz CT molecular complexity index is 219. The molecular weight excluding hydrogens is 166 g/mol. The molecule has 0 fully saturated rings. The van der Waals surface area contributed by atoms with Gasteiger partial charge < -0.3 is 10.5 Å². The number of anilines is 1. The van der Waals surface area contributed by atoms with Crippen LogP contribution in [0.4, 0.5) is 5.69 Å². The van der Waals surface area contributed by atoms with Crippen LogP contribution in [0, 0.1) is 0 Å². The highest BCUT2D eigenvalue weighted by Crippen LogP contribution is 2.13. The summed E-state index contributed by atoms with van der Waals surface area (Å²) in [5, 5.41) is 0. The molecule has 4 nitrogen and oxygen atoms in total. The van der Waals surface area contributed by atoms with Gasteiger partial charge in [0.25, 0.3) is 0 Å². The van der Waals surface area contributed by atoms with E-state index < -0.39 is 0 Å². The lowest BCUT2D eigenvalue weighted by atomic mass is 10.5. The van der Waals surface area contributed by atoms with E-state index in [-0.39, 0.29) is 12.4 Å². The molecule has 1 aromatic rings. The Morgan fingerprint density at radius 1 is 1.64 bits per heavy atom. The molecule has 0 aliphatic carbocycles. The Kier molecular flexibility index (Phi) is 4.29. The van der Waals surface area contributed by atoms with Crippen LogP contribution >= 0.6 is 12.4 Å². The molecule has 62 valence electrons. The predicted molar refractivity (Wildman–Crippen MR) is 44.9 cm³/mol. The fourth-order valence-electron chi connectivity index (χ4n) is 0.586. The first-order chi connectivity index (χ1) is 4.84. The summed E-state index contributed by atoms with van der Waals surface area (Å²) >= 11 is 0.